The number of carbonyl (C=O) groups excluding carboxylic acids is 3. The molecule has 6 atom stereocenters. The van der Waals surface area contributed by atoms with Crippen LogP contribution in [0.2, 0.25) is 5.02 Å². The number of rotatable bonds is 3. The molecule has 5 nitrogen and oxygen atoms in total. The fourth-order valence-electron chi connectivity index (χ4n) is 5.53. The van der Waals surface area contributed by atoms with Gasteiger partial charge in [0, 0.05) is 17.6 Å². The Morgan fingerprint density at radius 1 is 1.15 bits per heavy atom. The first-order valence-corrected chi connectivity index (χ1v) is 9.84. The number of benzene rings is 1. The van der Waals surface area contributed by atoms with Crippen LogP contribution in [0.1, 0.15) is 18.9 Å². The highest BCUT2D eigenvalue weighted by Crippen LogP contribution is 2.65. The fraction of sp³-hybridized carbons (Fsp3) is 0.476. The average molecular weight is 385 g/mol. The number of hydrogen-bond donors (Lipinski definition) is 0. The molecule has 3 amide bonds. The molecule has 1 saturated heterocycles. The summed E-state index contributed by atoms with van der Waals surface area (Å²) < 4.78 is 0. The molecule has 2 bridgehead atoms. The Bertz CT molecular complexity index is 875. The highest BCUT2D eigenvalue weighted by molar-refractivity contribution is 6.31. The number of likely N-dealkylation sites (tertiary alicyclic amines) is 1. The molecular formula is C21H21ClN2O3. The molecule has 0 aromatic heterocycles. The van der Waals surface area contributed by atoms with Crippen LogP contribution in [0, 0.1) is 42.4 Å². The van der Waals surface area contributed by atoms with Gasteiger partial charge in [-0.1, -0.05) is 29.8 Å². The van der Waals surface area contributed by atoms with Gasteiger partial charge in [-0.15, -0.1) is 0 Å². The van der Waals surface area contributed by atoms with Crippen LogP contribution in [0.15, 0.2) is 30.4 Å². The van der Waals surface area contributed by atoms with E-state index in [1.54, 1.807) is 18.2 Å². The van der Waals surface area contributed by atoms with Crippen molar-refractivity contribution in [1.29, 1.82) is 0 Å². The zero-order valence-corrected chi connectivity index (χ0v) is 16.0. The van der Waals surface area contributed by atoms with Gasteiger partial charge in [0.2, 0.25) is 17.7 Å². The van der Waals surface area contributed by atoms with E-state index in [9.17, 15) is 14.4 Å². The van der Waals surface area contributed by atoms with Crippen LogP contribution in [0.3, 0.4) is 0 Å². The van der Waals surface area contributed by atoms with Gasteiger partial charge in [-0.2, -0.15) is 0 Å². The second kappa shape index (κ2) is 5.68. The van der Waals surface area contributed by atoms with Crippen molar-refractivity contribution in [3.8, 4) is 0 Å². The van der Waals surface area contributed by atoms with E-state index in [4.69, 9.17) is 11.6 Å². The minimum Gasteiger partial charge on any atom is -0.294 e. The van der Waals surface area contributed by atoms with Crippen LogP contribution < -0.4 is 4.90 Å². The van der Waals surface area contributed by atoms with E-state index in [2.05, 4.69) is 12.2 Å². The van der Waals surface area contributed by atoms with Crippen LogP contribution in [-0.2, 0) is 14.4 Å². The van der Waals surface area contributed by atoms with Crippen molar-refractivity contribution in [2.45, 2.75) is 20.3 Å². The number of nitrogens with zero attached hydrogens (tertiary/aromatic N) is 2. The number of anilines is 1. The molecule has 3 fully saturated rings. The van der Waals surface area contributed by atoms with Gasteiger partial charge >= 0.3 is 0 Å². The zero-order valence-electron chi connectivity index (χ0n) is 15.3. The lowest BCUT2D eigenvalue weighted by Crippen LogP contribution is -2.44. The van der Waals surface area contributed by atoms with Crippen molar-refractivity contribution in [3.05, 3.63) is 40.9 Å². The second-order valence-corrected chi connectivity index (χ2v) is 8.64. The van der Waals surface area contributed by atoms with Gasteiger partial charge < -0.3 is 0 Å². The molecule has 4 aliphatic carbocycles. The molecule has 6 heteroatoms. The fourth-order valence-corrected chi connectivity index (χ4v) is 5.70. The Hall–Kier alpha value is -2.14. The van der Waals surface area contributed by atoms with Crippen molar-refractivity contribution >= 4 is 35.0 Å². The molecule has 2 saturated carbocycles. The largest absolute Gasteiger partial charge is 0.294 e. The van der Waals surface area contributed by atoms with Gasteiger partial charge in [0.05, 0.1) is 11.8 Å². The first-order valence-electron chi connectivity index (χ1n) is 9.47. The van der Waals surface area contributed by atoms with Crippen LogP contribution in [0.5, 0.6) is 0 Å². The third kappa shape index (κ3) is 2.27. The van der Waals surface area contributed by atoms with Crippen LogP contribution in [-0.4, -0.2) is 29.3 Å². The summed E-state index contributed by atoms with van der Waals surface area (Å²) in [5.41, 5.74) is 1.39. The molecule has 0 unspecified atom stereocenters. The van der Waals surface area contributed by atoms with E-state index >= 15 is 0 Å². The SMILES string of the molecule is CC(=O)N(CN1C(=O)[C@H]2[C@@H]3C=C[C@H]([C@@H]4C[C@H]34)[C@@H]2C1=O)c1cccc(Cl)c1C. The number of hydrogen-bond acceptors (Lipinski definition) is 3. The molecule has 5 aliphatic rings. The molecule has 6 rings (SSSR count). The maximum Gasteiger partial charge on any atom is 0.235 e. The Labute approximate surface area is 163 Å². The summed E-state index contributed by atoms with van der Waals surface area (Å²) >= 11 is 6.21. The van der Waals surface area contributed by atoms with Crippen LogP contribution in [0.4, 0.5) is 5.69 Å². The van der Waals surface area contributed by atoms with E-state index in [1.807, 2.05) is 6.92 Å². The van der Waals surface area contributed by atoms with Crippen molar-refractivity contribution < 1.29 is 14.4 Å². The van der Waals surface area contributed by atoms with Gasteiger partial charge in [-0.25, -0.2) is 0 Å². The van der Waals surface area contributed by atoms with Crippen molar-refractivity contribution in [2.75, 3.05) is 11.6 Å². The molecule has 27 heavy (non-hydrogen) atoms. The molecule has 1 aliphatic heterocycles. The van der Waals surface area contributed by atoms with E-state index in [-0.39, 0.29) is 48.1 Å². The van der Waals surface area contributed by atoms with Gasteiger partial charge in [0.15, 0.2) is 0 Å². The summed E-state index contributed by atoms with van der Waals surface area (Å²) in [4.78, 5) is 41.4. The lowest BCUT2D eigenvalue weighted by molar-refractivity contribution is -0.140. The van der Waals surface area contributed by atoms with Crippen LogP contribution in [0.25, 0.3) is 0 Å². The highest BCUT2D eigenvalue weighted by atomic mass is 35.5. The average Bonchev–Trinajstić information content (AvgIpc) is 3.42. The third-order valence-corrected chi connectivity index (χ3v) is 7.36. The Kier molecular flexibility index (Phi) is 3.57. The number of carbonyl (C=O) groups is 3. The molecule has 1 aromatic rings. The summed E-state index contributed by atoms with van der Waals surface area (Å²) in [6, 6.07) is 5.32. The summed E-state index contributed by atoms with van der Waals surface area (Å²) in [7, 11) is 0. The maximum absolute atomic E-state index is 13.2. The monoisotopic (exact) mass is 384 g/mol. The van der Waals surface area contributed by atoms with E-state index in [1.165, 1.54) is 16.7 Å². The van der Waals surface area contributed by atoms with Crippen molar-refractivity contribution in [2.24, 2.45) is 35.5 Å². The van der Waals surface area contributed by atoms with Gasteiger partial charge in [-0.3, -0.25) is 24.2 Å². The first-order chi connectivity index (χ1) is 12.9. The smallest absolute Gasteiger partial charge is 0.235 e. The summed E-state index contributed by atoms with van der Waals surface area (Å²) in [5.74, 6) is 0.543. The van der Waals surface area contributed by atoms with Crippen LogP contribution >= 0.6 is 11.6 Å². The third-order valence-electron chi connectivity index (χ3n) is 6.95. The number of halogens is 1. The summed E-state index contributed by atoms with van der Waals surface area (Å²) in [6.45, 7) is 3.23. The molecule has 1 aromatic carbocycles. The Balaban J connectivity index is 1.47. The summed E-state index contributed by atoms with van der Waals surface area (Å²) in [5, 5.41) is 0.550. The predicted molar refractivity (Wildman–Crippen MR) is 101 cm³/mol. The van der Waals surface area contributed by atoms with Gasteiger partial charge in [0.25, 0.3) is 0 Å². The molecule has 0 N–H and O–H groups in total. The van der Waals surface area contributed by atoms with Crippen molar-refractivity contribution in [3.63, 3.8) is 0 Å². The zero-order chi connectivity index (χ0) is 19.0. The van der Waals surface area contributed by atoms with E-state index < -0.39 is 0 Å². The number of allylic oxidation sites excluding steroid dienone is 2. The van der Waals surface area contributed by atoms with Gasteiger partial charge in [-0.05, 0) is 54.7 Å². The van der Waals surface area contributed by atoms with E-state index in [0.29, 0.717) is 22.5 Å². The minimum absolute atomic E-state index is 0.0457. The molecule has 0 radical (unpaired) electrons. The minimum atomic E-state index is -0.245. The maximum atomic E-state index is 13.2. The lowest BCUT2D eigenvalue weighted by Gasteiger charge is -2.37. The molecule has 140 valence electrons. The Morgan fingerprint density at radius 3 is 2.30 bits per heavy atom. The number of amides is 3. The van der Waals surface area contributed by atoms with Gasteiger partial charge in [0.1, 0.15) is 6.67 Å². The topological polar surface area (TPSA) is 57.7 Å². The highest BCUT2D eigenvalue weighted by Gasteiger charge is 2.67. The second-order valence-electron chi connectivity index (χ2n) is 8.23. The quantitative estimate of drug-likeness (QED) is 0.594. The molecule has 1 heterocycles. The Morgan fingerprint density at radius 2 is 1.74 bits per heavy atom. The molecular weight excluding hydrogens is 364 g/mol. The standard InChI is InChI=1S/C21H21ClN2O3/c1-10-16(22)4-3-5-17(10)23(11(2)25)9-24-20(26)18-12-6-7-13(15-8-14(12)15)19(18)21(24)27/h3-7,12-15,18-19H,8-9H2,1-2H3/t12-,13-,14-,15+,18+,19+/m1/s1. The van der Waals surface area contributed by atoms with Crippen molar-refractivity contribution in [1.82, 2.24) is 4.90 Å². The normalized spacial score (nSPS) is 35.3. The molecule has 0 spiro atoms. The summed E-state index contributed by atoms with van der Waals surface area (Å²) in [6.07, 6.45) is 5.44. The van der Waals surface area contributed by atoms with E-state index in [0.717, 1.165) is 12.0 Å². The first kappa shape index (κ1) is 17.0. The predicted octanol–water partition coefficient (Wildman–Crippen LogP) is 3.01. The lowest BCUT2D eigenvalue weighted by atomic mass is 9.63. The number of imide groups is 1.